The van der Waals surface area contributed by atoms with E-state index >= 15 is 0 Å². The Morgan fingerprint density at radius 3 is 2.29 bits per heavy atom. The molecule has 1 heterocycles. The van der Waals surface area contributed by atoms with Gasteiger partial charge in [-0.25, -0.2) is 4.79 Å². The van der Waals surface area contributed by atoms with Crippen LogP contribution in [-0.4, -0.2) is 40.1 Å². The number of fused-ring (bicyclic) bond motifs is 1. The minimum Gasteiger partial charge on any atom is -0.478 e. The summed E-state index contributed by atoms with van der Waals surface area (Å²) in [5.41, 5.74) is 4.41. The third-order valence-electron chi connectivity index (χ3n) is 7.04. The number of carboxylic acid groups (broad SMARTS) is 1. The highest BCUT2D eigenvalue weighted by atomic mass is 35.5. The normalized spacial score (nSPS) is 12.3. The van der Waals surface area contributed by atoms with E-state index in [-0.39, 0.29) is 11.5 Å². The number of carboxylic acids is 1. The summed E-state index contributed by atoms with van der Waals surface area (Å²) >= 11 is 12.5. The van der Waals surface area contributed by atoms with Crippen LogP contribution in [0.1, 0.15) is 44.8 Å². The number of halogens is 2. The molecule has 0 fully saturated rings. The number of rotatable bonds is 8. The van der Waals surface area contributed by atoms with Gasteiger partial charge in [-0.2, -0.15) is 5.10 Å². The molecule has 0 unspecified atom stereocenters. The van der Waals surface area contributed by atoms with Crippen molar-refractivity contribution in [1.29, 1.82) is 0 Å². The van der Waals surface area contributed by atoms with Crippen molar-refractivity contribution < 1.29 is 19.3 Å². The lowest BCUT2D eigenvalue weighted by Crippen LogP contribution is -2.27. The molecule has 7 nitrogen and oxygen atoms in total. The number of aromatic carboxylic acids is 1. The van der Waals surface area contributed by atoms with Crippen LogP contribution in [0.2, 0.25) is 10.0 Å². The van der Waals surface area contributed by atoms with E-state index in [1.54, 1.807) is 54.5 Å². The molecule has 4 aromatic carbocycles. The van der Waals surface area contributed by atoms with Crippen LogP contribution in [-0.2, 0) is 11.1 Å². The van der Waals surface area contributed by atoms with Gasteiger partial charge in [0.2, 0.25) is 0 Å². The molecule has 5 rings (SSSR count). The third kappa shape index (κ3) is 6.44. The Hall–Kier alpha value is -3.90. The number of carbonyl (C=O) groups excluding carboxylic acids is 1. The lowest BCUT2D eigenvalue weighted by atomic mass is 9.99. The Labute approximate surface area is 253 Å². The van der Waals surface area contributed by atoms with Gasteiger partial charge in [0.25, 0.3) is 5.91 Å². The van der Waals surface area contributed by atoms with Crippen molar-refractivity contribution in [2.24, 2.45) is 0 Å². The highest BCUT2D eigenvalue weighted by molar-refractivity contribution is 7.70. The fraction of sp³-hybridized carbons (Fsp3) is 0.156. The number of carbonyl (C=O) groups is 2. The summed E-state index contributed by atoms with van der Waals surface area (Å²) in [6.45, 7) is 5.62. The van der Waals surface area contributed by atoms with Crippen molar-refractivity contribution in [3.8, 4) is 11.1 Å². The number of hydrogen-bond acceptors (Lipinski definition) is 4. The van der Waals surface area contributed by atoms with E-state index in [0.29, 0.717) is 27.7 Å². The fourth-order valence-corrected chi connectivity index (χ4v) is 6.33. The molecule has 0 bridgehead atoms. The number of aromatic nitrogens is 2. The number of hydrogen-bond donors (Lipinski definition) is 2. The van der Waals surface area contributed by atoms with Gasteiger partial charge in [-0.1, -0.05) is 53.5 Å². The first-order chi connectivity index (χ1) is 19.9. The molecule has 5 aromatic rings. The highest BCUT2D eigenvalue weighted by Crippen LogP contribution is 2.36. The topological polar surface area (TPSA) is 101 Å². The average Bonchev–Trinajstić information content (AvgIpc) is 3.34. The smallest absolute Gasteiger partial charge is 0.335 e. The molecule has 1 aromatic heterocycles. The van der Waals surface area contributed by atoms with Crippen molar-refractivity contribution >= 4 is 58.4 Å². The van der Waals surface area contributed by atoms with Gasteiger partial charge in [-0.05, 0) is 91.0 Å². The maximum absolute atomic E-state index is 13.9. The molecule has 0 saturated heterocycles. The third-order valence-corrected chi connectivity index (χ3v) is 9.00. The Bertz CT molecular complexity index is 1860. The summed E-state index contributed by atoms with van der Waals surface area (Å²) < 4.78 is 14.5. The summed E-state index contributed by atoms with van der Waals surface area (Å²) in [6, 6.07) is 22.6. The van der Waals surface area contributed by atoms with Crippen LogP contribution in [0.3, 0.4) is 0 Å². The molecule has 42 heavy (non-hydrogen) atoms. The molecule has 0 aliphatic carbocycles. The van der Waals surface area contributed by atoms with Gasteiger partial charge < -0.3 is 15.0 Å². The largest absolute Gasteiger partial charge is 0.478 e. The van der Waals surface area contributed by atoms with E-state index in [1.807, 2.05) is 43.3 Å². The molecular weight excluding hydrogens is 592 g/mol. The minimum atomic E-state index is -2.50. The van der Waals surface area contributed by atoms with Gasteiger partial charge in [0.05, 0.1) is 35.4 Å². The predicted molar refractivity (Wildman–Crippen MR) is 169 cm³/mol. The standard InChI is InChI=1S/C32H28Cl2N3O4P/c1-19(21-7-9-22(10-8-21)32(39)40)36-31(38)29-15-24(23-5-4-6-28(14-23)42(2,3)41)13-25-17-35-37(30(25)29)18-20-11-26(33)16-27(34)12-20/h4-17,19H,18H2,1-3H3,(H,36,38)(H,39,40)/t19-/m0/s1. The summed E-state index contributed by atoms with van der Waals surface area (Å²) in [5, 5.41) is 19.4. The summed E-state index contributed by atoms with van der Waals surface area (Å²) in [5.74, 6) is -1.34. The van der Waals surface area contributed by atoms with Crippen molar-refractivity contribution in [2.45, 2.75) is 19.5 Å². The predicted octanol–water partition coefficient (Wildman–Crippen LogP) is 7.50. The van der Waals surface area contributed by atoms with Gasteiger partial charge in [0.1, 0.15) is 7.14 Å². The summed E-state index contributed by atoms with van der Waals surface area (Å²) in [6.07, 6.45) is 1.71. The first-order valence-electron chi connectivity index (χ1n) is 13.1. The van der Waals surface area contributed by atoms with Crippen LogP contribution in [0, 0.1) is 0 Å². The molecule has 1 atom stereocenters. The van der Waals surface area contributed by atoms with Gasteiger partial charge in [0, 0.05) is 20.7 Å². The SMILES string of the molecule is C[C@H](NC(=O)c1cc(-c2cccc(P(C)(C)=O)c2)cc2cnn(Cc3cc(Cl)cc(Cl)c3)c12)c1ccc(C(=O)O)cc1. The number of amides is 1. The number of benzene rings is 4. The van der Waals surface area contributed by atoms with Crippen LogP contribution in [0.15, 0.2) is 85.1 Å². The zero-order valence-electron chi connectivity index (χ0n) is 23.1. The highest BCUT2D eigenvalue weighted by Gasteiger charge is 2.21. The minimum absolute atomic E-state index is 0.169. The molecule has 1 amide bonds. The van der Waals surface area contributed by atoms with Crippen LogP contribution >= 0.6 is 30.3 Å². The van der Waals surface area contributed by atoms with Crippen LogP contribution in [0.5, 0.6) is 0 Å². The van der Waals surface area contributed by atoms with Crippen molar-refractivity contribution in [3.05, 3.63) is 117 Å². The molecule has 10 heteroatoms. The van der Waals surface area contributed by atoms with Gasteiger partial charge in [-0.15, -0.1) is 0 Å². The van der Waals surface area contributed by atoms with Crippen molar-refractivity contribution in [2.75, 3.05) is 13.3 Å². The lowest BCUT2D eigenvalue weighted by molar-refractivity contribution is 0.0696. The van der Waals surface area contributed by atoms with E-state index < -0.39 is 19.2 Å². The molecular formula is C32H28Cl2N3O4P. The molecule has 0 aliphatic heterocycles. The first-order valence-corrected chi connectivity index (χ1v) is 16.5. The zero-order valence-corrected chi connectivity index (χ0v) is 25.5. The zero-order chi connectivity index (χ0) is 30.2. The monoisotopic (exact) mass is 619 g/mol. The van der Waals surface area contributed by atoms with E-state index in [1.165, 1.54) is 12.1 Å². The van der Waals surface area contributed by atoms with Crippen molar-refractivity contribution in [3.63, 3.8) is 0 Å². The molecule has 0 spiro atoms. The molecule has 0 aliphatic rings. The quantitative estimate of drug-likeness (QED) is 0.175. The Morgan fingerprint density at radius 1 is 0.952 bits per heavy atom. The summed E-state index contributed by atoms with van der Waals surface area (Å²) in [4.78, 5) is 25.2. The number of nitrogens with zero attached hydrogens (tertiary/aromatic N) is 2. The van der Waals surface area contributed by atoms with Gasteiger partial charge in [-0.3, -0.25) is 9.48 Å². The Balaban J connectivity index is 1.59. The van der Waals surface area contributed by atoms with E-state index in [4.69, 9.17) is 23.2 Å². The van der Waals surface area contributed by atoms with Crippen LogP contribution in [0.4, 0.5) is 0 Å². The molecule has 2 N–H and O–H groups in total. The van der Waals surface area contributed by atoms with Crippen LogP contribution < -0.4 is 10.6 Å². The molecule has 214 valence electrons. The van der Waals surface area contributed by atoms with Crippen LogP contribution in [0.25, 0.3) is 22.0 Å². The second-order valence-electron chi connectivity index (χ2n) is 10.6. The molecule has 0 radical (unpaired) electrons. The second kappa shape index (κ2) is 11.8. The van der Waals surface area contributed by atoms with E-state index in [2.05, 4.69) is 10.4 Å². The Morgan fingerprint density at radius 2 is 1.64 bits per heavy atom. The van der Waals surface area contributed by atoms with E-state index in [9.17, 15) is 19.3 Å². The number of nitrogens with one attached hydrogen (secondary N) is 1. The average molecular weight is 620 g/mol. The maximum atomic E-state index is 13.9. The van der Waals surface area contributed by atoms with E-state index in [0.717, 1.165) is 32.9 Å². The first kappa shape index (κ1) is 29.6. The van der Waals surface area contributed by atoms with Crippen molar-refractivity contribution in [1.82, 2.24) is 15.1 Å². The maximum Gasteiger partial charge on any atom is 0.335 e. The fourth-order valence-electron chi connectivity index (χ4n) is 4.86. The Kier molecular flexibility index (Phi) is 8.29. The summed E-state index contributed by atoms with van der Waals surface area (Å²) in [7, 11) is -2.50. The van der Waals surface area contributed by atoms with Gasteiger partial charge in [0.15, 0.2) is 0 Å². The molecule has 0 saturated carbocycles. The lowest BCUT2D eigenvalue weighted by Gasteiger charge is -2.17. The second-order valence-corrected chi connectivity index (χ2v) is 14.7. The van der Waals surface area contributed by atoms with Gasteiger partial charge >= 0.3 is 5.97 Å².